The largest absolute Gasteiger partial charge is 0.344 e. The molecule has 2 aliphatic rings. The van der Waals surface area contributed by atoms with E-state index < -0.39 is 12.1 Å². The molecule has 0 bridgehead atoms. The minimum Gasteiger partial charge on any atom is -0.344 e. The van der Waals surface area contributed by atoms with Crippen molar-refractivity contribution in [3.8, 4) is 0 Å². The first-order valence-electron chi connectivity index (χ1n) is 15.5. The van der Waals surface area contributed by atoms with Crippen molar-refractivity contribution in [1.29, 1.82) is 0 Å². The number of benzene rings is 1. The van der Waals surface area contributed by atoms with Crippen molar-refractivity contribution in [1.82, 2.24) is 39.7 Å². The summed E-state index contributed by atoms with van der Waals surface area (Å²) in [5.74, 6) is 1.12. The second-order valence-electron chi connectivity index (χ2n) is 11.8. The Balaban J connectivity index is 1.42. The highest BCUT2D eigenvalue weighted by atomic mass is 16.2. The number of piperidine rings is 1. The van der Waals surface area contributed by atoms with Gasteiger partial charge in [-0.05, 0) is 70.9 Å². The molecule has 11 nitrogen and oxygen atoms in total. The molecule has 1 N–H and O–H groups in total. The number of amides is 3. The smallest absolute Gasteiger partial charge is 0.243 e. The van der Waals surface area contributed by atoms with Crippen LogP contribution in [0.25, 0.3) is 0 Å². The highest BCUT2D eigenvalue weighted by molar-refractivity contribution is 5.88. The number of aromatic nitrogens is 5. The van der Waals surface area contributed by atoms with Crippen molar-refractivity contribution in [2.24, 2.45) is 0 Å². The molecule has 0 unspecified atom stereocenters. The molecule has 230 valence electrons. The molecule has 11 heteroatoms. The van der Waals surface area contributed by atoms with Gasteiger partial charge in [-0.3, -0.25) is 19.1 Å². The van der Waals surface area contributed by atoms with E-state index in [4.69, 9.17) is 4.98 Å². The van der Waals surface area contributed by atoms with Gasteiger partial charge in [0, 0.05) is 44.7 Å². The maximum absolute atomic E-state index is 13.7. The maximum Gasteiger partial charge on any atom is 0.243 e. The second-order valence-corrected chi connectivity index (χ2v) is 11.8. The van der Waals surface area contributed by atoms with Crippen LogP contribution in [0, 0.1) is 27.7 Å². The van der Waals surface area contributed by atoms with Crippen LogP contribution in [0.15, 0.2) is 30.3 Å². The summed E-state index contributed by atoms with van der Waals surface area (Å²) in [6.45, 7) is 10.3. The number of nitrogens with one attached hydrogen (secondary N) is 1. The highest BCUT2D eigenvalue weighted by Gasteiger charge is 2.34. The van der Waals surface area contributed by atoms with Gasteiger partial charge in [-0.25, -0.2) is 9.67 Å². The van der Waals surface area contributed by atoms with Gasteiger partial charge in [-0.15, -0.1) is 0 Å². The normalized spacial score (nSPS) is 20.3. The predicted molar refractivity (Wildman–Crippen MR) is 162 cm³/mol. The Hall–Kier alpha value is -4.02. The number of aryl methyl sites for hydroxylation is 3. The quantitative estimate of drug-likeness (QED) is 0.489. The molecule has 2 aromatic heterocycles. The van der Waals surface area contributed by atoms with Crippen molar-refractivity contribution >= 4 is 17.7 Å². The van der Waals surface area contributed by atoms with Crippen LogP contribution >= 0.6 is 0 Å². The standard InChI is InChI=1S/C32H44N8O3/c1-22-23(2)35-39(24(22)3)18-15-29(41)37-16-10-14-30(42)38-17-9-8-13-28(38)32(43)34-27(21-26-11-6-5-7-12-26)31-33-25(4)36-40(31)20-19-37/h5-7,11-12,27-28H,8-10,13-21H2,1-4H3,(H,34,43)/t27-,28+/m1/s1. The molecule has 3 amide bonds. The van der Waals surface area contributed by atoms with E-state index in [-0.39, 0.29) is 17.7 Å². The number of carbonyl (C=O) groups is 3. The van der Waals surface area contributed by atoms with Crippen molar-refractivity contribution in [2.75, 3.05) is 19.6 Å². The van der Waals surface area contributed by atoms with Gasteiger partial charge in [0.25, 0.3) is 0 Å². The number of carbonyl (C=O) groups excluding carboxylic acids is 3. The number of hydrogen-bond donors (Lipinski definition) is 1. The van der Waals surface area contributed by atoms with Crippen molar-refractivity contribution < 1.29 is 14.4 Å². The first kappa shape index (κ1) is 30.4. The van der Waals surface area contributed by atoms with Gasteiger partial charge >= 0.3 is 0 Å². The third kappa shape index (κ3) is 7.14. The number of nitrogens with zero attached hydrogens (tertiary/aromatic N) is 7. The van der Waals surface area contributed by atoms with Gasteiger partial charge in [-0.2, -0.15) is 10.2 Å². The molecule has 0 radical (unpaired) electrons. The lowest BCUT2D eigenvalue weighted by Gasteiger charge is -2.36. The molecule has 0 saturated carbocycles. The Bertz CT molecular complexity index is 1450. The minimum absolute atomic E-state index is 0.0214. The van der Waals surface area contributed by atoms with Crippen LogP contribution < -0.4 is 5.32 Å². The van der Waals surface area contributed by atoms with Crippen LogP contribution in [0.3, 0.4) is 0 Å². The molecule has 2 aliphatic heterocycles. The van der Waals surface area contributed by atoms with Gasteiger partial charge in [0.05, 0.1) is 18.3 Å². The lowest BCUT2D eigenvalue weighted by Crippen LogP contribution is -2.53. The fraction of sp³-hybridized carbons (Fsp3) is 0.562. The Morgan fingerprint density at radius 1 is 0.953 bits per heavy atom. The first-order valence-corrected chi connectivity index (χ1v) is 15.5. The van der Waals surface area contributed by atoms with Crippen LogP contribution in [0.1, 0.15) is 78.7 Å². The first-order chi connectivity index (χ1) is 20.7. The molecule has 43 heavy (non-hydrogen) atoms. The van der Waals surface area contributed by atoms with Crippen LogP contribution in [0.5, 0.6) is 0 Å². The van der Waals surface area contributed by atoms with E-state index >= 15 is 0 Å². The maximum atomic E-state index is 13.7. The van der Waals surface area contributed by atoms with Gasteiger partial charge in [0.2, 0.25) is 17.7 Å². The molecule has 1 fully saturated rings. The van der Waals surface area contributed by atoms with E-state index in [2.05, 4.69) is 15.5 Å². The van der Waals surface area contributed by atoms with E-state index in [1.165, 1.54) is 0 Å². The molecule has 3 aromatic rings. The topological polar surface area (TPSA) is 118 Å². The van der Waals surface area contributed by atoms with Crippen molar-refractivity contribution in [2.45, 2.75) is 97.8 Å². The summed E-state index contributed by atoms with van der Waals surface area (Å²) in [5.41, 5.74) is 4.26. The van der Waals surface area contributed by atoms with Crippen LogP contribution in [-0.4, -0.2) is 77.7 Å². The van der Waals surface area contributed by atoms with Gasteiger partial charge in [0.1, 0.15) is 17.7 Å². The highest BCUT2D eigenvalue weighted by Crippen LogP contribution is 2.23. The summed E-state index contributed by atoms with van der Waals surface area (Å²) in [4.78, 5) is 49.1. The molecular formula is C32H44N8O3. The Morgan fingerprint density at radius 3 is 2.49 bits per heavy atom. The molecule has 1 aromatic carbocycles. The fourth-order valence-electron chi connectivity index (χ4n) is 6.23. The zero-order valence-corrected chi connectivity index (χ0v) is 25.9. The van der Waals surface area contributed by atoms with E-state index in [9.17, 15) is 14.4 Å². The number of rotatable bonds is 5. The summed E-state index contributed by atoms with van der Waals surface area (Å²) in [7, 11) is 0. The molecule has 0 aliphatic carbocycles. The minimum atomic E-state index is -0.512. The van der Waals surface area contributed by atoms with Gasteiger partial charge in [-0.1, -0.05) is 30.3 Å². The Morgan fingerprint density at radius 2 is 1.74 bits per heavy atom. The Labute approximate surface area is 253 Å². The molecule has 0 spiro atoms. The van der Waals surface area contributed by atoms with E-state index in [0.717, 1.165) is 35.4 Å². The lowest BCUT2D eigenvalue weighted by atomic mass is 9.99. The summed E-state index contributed by atoms with van der Waals surface area (Å²) in [6.07, 6.45) is 4.11. The second kappa shape index (κ2) is 13.5. The zero-order chi connectivity index (χ0) is 30.5. The van der Waals surface area contributed by atoms with Gasteiger partial charge in [0.15, 0.2) is 0 Å². The molecule has 2 atom stereocenters. The van der Waals surface area contributed by atoms with E-state index in [1.807, 2.05) is 72.3 Å². The summed E-state index contributed by atoms with van der Waals surface area (Å²) in [6, 6.07) is 9.05. The van der Waals surface area contributed by atoms with Crippen LogP contribution in [-0.2, 0) is 33.9 Å². The number of fused-ring (bicyclic) bond motifs is 2. The lowest BCUT2D eigenvalue weighted by molar-refractivity contribution is -0.143. The predicted octanol–water partition coefficient (Wildman–Crippen LogP) is 3.20. The molecule has 4 heterocycles. The van der Waals surface area contributed by atoms with E-state index in [1.54, 1.807) is 4.90 Å². The summed E-state index contributed by atoms with van der Waals surface area (Å²) in [5, 5.41) is 12.5. The third-order valence-corrected chi connectivity index (χ3v) is 8.88. The van der Waals surface area contributed by atoms with Crippen LogP contribution in [0.2, 0.25) is 0 Å². The molecular weight excluding hydrogens is 544 g/mol. The van der Waals surface area contributed by atoms with Crippen molar-refractivity contribution in [3.05, 3.63) is 64.5 Å². The molecule has 5 rings (SSSR count). The van der Waals surface area contributed by atoms with Crippen molar-refractivity contribution in [3.63, 3.8) is 0 Å². The average molecular weight is 589 g/mol. The van der Waals surface area contributed by atoms with E-state index in [0.29, 0.717) is 76.5 Å². The fourth-order valence-corrected chi connectivity index (χ4v) is 6.23. The zero-order valence-electron chi connectivity index (χ0n) is 25.9. The summed E-state index contributed by atoms with van der Waals surface area (Å²) < 4.78 is 3.74. The average Bonchev–Trinajstić information content (AvgIpc) is 3.50. The Kier molecular flexibility index (Phi) is 9.57. The monoisotopic (exact) mass is 588 g/mol. The number of hydrogen-bond acceptors (Lipinski definition) is 6. The van der Waals surface area contributed by atoms with Crippen LogP contribution in [0.4, 0.5) is 0 Å². The molecule has 1 saturated heterocycles. The van der Waals surface area contributed by atoms with Gasteiger partial charge < -0.3 is 15.1 Å². The SMILES string of the molecule is Cc1nc2n(n1)CCN(C(=O)CCn1nc(C)c(C)c1C)CCCC(=O)N1CCCC[C@H]1C(=O)N[C@@H]2Cc1ccccc1. The summed E-state index contributed by atoms with van der Waals surface area (Å²) >= 11 is 0. The third-order valence-electron chi connectivity index (χ3n) is 8.88.